The van der Waals surface area contributed by atoms with Gasteiger partial charge >= 0.3 is 6.61 Å². The Kier molecular flexibility index (Phi) is 3.62. The summed E-state index contributed by atoms with van der Waals surface area (Å²) in [4.78, 5) is 0. The van der Waals surface area contributed by atoms with Crippen molar-refractivity contribution in [3.8, 4) is 5.75 Å². The molecule has 0 radical (unpaired) electrons. The van der Waals surface area contributed by atoms with Crippen LogP contribution in [0.5, 0.6) is 5.75 Å². The molecule has 0 aliphatic carbocycles. The Bertz CT molecular complexity index is 525. The number of nitrogens with two attached hydrogens (primary N) is 1. The Balaban J connectivity index is 2.22. The van der Waals surface area contributed by atoms with E-state index < -0.39 is 12.7 Å². The van der Waals surface area contributed by atoms with Gasteiger partial charge in [-0.3, -0.25) is 0 Å². The second-order valence-electron chi connectivity index (χ2n) is 3.88. The lowest BCUT2D eigenvalue weighted by Gasteiger charge is -2.11. The molecule has 1 aromatic heterocycles. The maximum absolute atomic E-state index is 12.1. The molecular formula is C13H13F2NO2. The lowest BCUT2D eigenvalue weighted by atomic mass is 10.1. The molecule has 1 unspecified atom stereocenters. The first-order valence-electron chi connectivity index (χ1n) is 5.43. The normalized spacial score (nSPS) is 12.7. The van der Waals surface area contributed by atoms with Gasteiger partial charge < -0.3 is 14.9 Å². The van der Waals surface area contributed by atoms with Gasteiger partial charge in [0.2, 0.25) is 0 Å². The number of hydrogen-bond donors (Lipinski definition) is 1. The van der Waals surface area contributed by atoms with Gasteiger partial charge in [-0.1, -0.05) is 12.1 Å². The highest BCUT2D eigenvalue weighted by Crippen LogP contribution is 2.25. The van der Waals surface area contributed by atoms with Crippen molar-refractivity contribution in [2.45, 2.75) is 19.6 Å². The van der Waals surface area contributed by atoms with Crippen LogP contribution in [0.15, 0.2) is 40.8 Å². The van der Waals surface area contributed by atoms with Crippen molar-refractivity contribution in [2.75, 3.05) is 0 Å². The fourth-order valence-corrected chi connectivity index (χ4v) is 1.67. The van der Waals surface area contributed by atoms with Gasteiger partial charge in [-0.2, -0.15) is 8.78 Å². The number of benzene rings is 1. The quantitative estimate of drug-likeness (QED) is 0.909. The maximum Gasteiger partial charge on any atom is 0.387 e. The lowest BCUT2D eigenvalue weighted by molar-refractivity contribution is -0.0498. The van der Waals surface area contributed by atoms with E-state index in [-0.39, 0.29) is 5.75 Å². The van der Waals surface area contributed by atoms with Gasteiger partial charge in [0.05, 0.1) is 6.04 Å². The third kappa shape index (κ3) is 2.87. The minimum atomic E-state index is -2.85. The Morgan fingerprint density at radius 2 is 2.00 bits per heavy atom. The SMILES string of the molecule is Cc1ccc(C(N)c2cccc(OC(F)F)c2)o1. The van der Waals surface area contributed by atoms with E-state index in [1.165, 1.54) is 12.1 Å². The number of hydrogen-bond acceptors (Lipinski definition) is 3. The van der Waals surface area contributed by atoms with Gasteiger partial charge in [0, 0.05) is 0 Å². The summed E-state index contributed by atoms with van der Waals surface area (Å²) >= 11 is 0. The minimum Gasteiger partial charge on any atom is -0.464 e. The zero-order chi connectivity index (χ0) is 13.1. The summed E-state index contributed by atoms with van der Waals surface area (Å²) < 4.78 is 33.9. The summed E-state index contributed by atoms with van der Waals surface area (Å²) in [5, 5.41) is 0. The summed E-state index contributed by atoms with van der Waals surface area (Å²) in [7, 11) is 0. The Morgan fingerprint density at radius 3 is 2.61 bits per heavy atom. The van der Waals surface area contributed by atoms with Crippen LogP contribution in [0.3, 0.4) is 0 Å². The van der Waals surface area contributed by atoms with E-state index in [0.717, 1.165) is 5.76 Å². The van der Waals surface area contributed by atoms with Crippen LogP contribution in [0.2, 0.25) is 0 Å². The summed E-state index contributed by atoms with van der Waals surface area (Å²) in [5.41, 5.74) is 6.65. The fraction of sp³-hybridized carbons (Fsp3) is 0.231. The van der Waals surface area contributed by atoms with Crippen molar-refractivity contribution >= 4 is 0 Å². The van der Waals surface area contributed by atoms with Crippen LogP contribution in [-0.2, 0) is 0 Å². The highest BCUT2D eigenvalue weighted by Gasteiger charge is 2.14. The standard InChI is InChI=1S/C13H13F2NO2/c1-8-5-6-11(17-8)12(16)9-3-2-4-10(7-9)18-13(14)15/h2-7,12-13H,16H2,1H3. The van der Waals surface area contributed by atoms with Gasteiger partial charge in [-0.05, 0) is 36.8 Å². The second-order valence-corrected chi connectivity index (χ2v) is 3.88. The van der Waals surface area contributed by atoms with E-state index in [1.807, 2.05) is 6.92 Å². The van der Waals surface area contributed by atoms with Crippen LogP contribution in [0.1, 0.15) is 23.1 Å². The molecule has 0 saturated carbocycles. The molecule has 1 aromatic carbocycles. The largest absolute Gasteiger partial charge is 0.464 e. The molecule has 5 heteroatoms. The van der Waals surface area contributed by atoms with Crippen molar-refractivity contribution < 1.29 is 17.9 Å². The van der Waals surface area contributed by atoms with Crippen molar-refractivity contribution in [2.24, 2.45) is 5.73 Å². The monoisotopic (exact) mass is 253 g/mol. The van der Waals surface area contributed by atoms with Gasteiger partial charge in [0.15, 0.2) is 0 Å². The third-order valence-corrected chi connectivity index (χ3v) is 2.51. The van der Waals surface area contributed by atoms with E-state index >= 15 is 0 Å². The van der Waals surface area contributed by atoms with Crippen molar-refractivity contribution in [1.82, 2.24) is 0 Å². The fourth-order valence-electron chi connectivity index (χ4n) is 1.67. The minimum absolute atomic E-state index is 0.0845. The number of alkyl halides is 2. The number of rotatable bonds is 4. The predicted molar refractivity (Wildman–Crippen MR) is 62.5 cm³/mol. The van der Waals surface area contributed by atoms with E-state index in [4.69, 9.17) is 10.2 Å². The Labute approximate surface area is 103 Å². The highest BCUT2D eigenvalue weighted by molar-refractivity contribution is 5.34. The number of halogens is 2. The molecule has 1 atom stereocenters. The molecule has 0 aliphatic heterocycles. The molecule has 2 aromatic rings. The highest BCUT2D eigenvalue weighted by atomic mass is 19.3. The van der Waals surface area contributed by atoms with Crippen molar-refractivity contribution in [3.63, 3.8) is 0 Å². The van der Waals surface area contributed by atoms with Gasteiger partial charge in [-0.15, -0.1) is 0 Å². The third-order valence-electron chi connectivity index (χ3n) is 2.51. The smallest absolute Gasteiger partial charge is 0.387 e. The van der Waals surface area contributed by atoms with E-state index in [1.54, 1.807) is 24.3 Å². The molecule has 0 amide bonds. The van der Waals surface area contributed by atoms with Crippen LogP contribution >= 0.6 is 0 Å². The summed E-state index contributed by atoms with van der Waals surface area (Å²) in [6.45, 7) is -1.03. The van der Waals surface area contributed by atoms with E-state index in [2.05, 4.69) is 4.74 Å². The second kappa shape index (κ2) is 5.18. The molecule has 3 nitrogen and oxygen atoms in total. The molecule has 18 heavy (non-hydrogen) atoms. The average molecular weight is 253 g/mol. The molecule has 0 aliphatic rings. The molecule has 2 rings (SSSR count). The zero-order valence-electron chi connectivity index (χ0n) is 9.77. The van der Waals surface area contributed by atoms with Gasteiger partial charge in [0.25, 0.3) is 0 Å². The molecule has 0 saturated heterocycles. The molecule has 96 valence electrons. The van der Waals surface area contributed by atoms with Gasteiger partial charge in [-0.25, -0.2) is 0 Å². The zero-order valence-corrected chi connectivity index (χ0v) is 9.77. The van der Waals surface area contributed by atoms with Crippen LogP contribution in [0.4, 0.5) is 8.78 Å². The van der Waals surface area contributed by atoms with Crippen LogP contribution < -0.4 is 10.5 Å². The maximum atomic E-state index is 12.1. The van der Waals surface area contributed by atoms with Crippen molar-refractivity contribution in [1.29, 1.82) is 0 Å². The van der Waals surface area contributed by atoms with Crippen LogP contribution in [0.25, 0.3) is 0 Å². The predicted octanol–water partition coefficient (Wildman–Crippen LogP) is 3.24. The van der Waals surface area contributed by atoms with Gasteiger partial charge in [0.1, 0.15) is 17.3 Å². The summed E-state index contributed by atoms with van der Waals surface area (Å²) in [6, 6.07) is 9.35. The van der Waals surface area contributed by atoms with Crippen molar-refractivity contribution in [3.05, 3.63) is 53.5 Å². The molecule has 1 heterocycles. The molecule has 0 fully saturated rings. The summed E-state index contributed by atoms with van der Waals surface area (Å²) in [6.07, 6.45) is 0. The van der Waals surface area contributed by atoms with E-state index in [0.29, 0.717) is 11.3 Å². The molecule has 0 bridgehead atoms. The van der Waals surface area contributed by atoms with E-state index in [9.17, 15) is 8.78 Å². The molecular weight excluding hydrogens is 240 g/mol. The first-order valence-corrected chi connectivity index (χ1v) is 5.43. The Hall–Kier alpha value is -1.88. The number of ether oxygens (including phenoxy) is 1. The van der Waals surface area contributed by atoms with Crippen LogP contribution in [-0.4, -0.2) is 6.61 Å². The topological polar surface area (TPSA) is 48.4 Å². The van der Waals surface area contributed by atoms with Crippen LogP contribution in [0, 0.1) is 6.92 Å². The number of furan rings is 1. The molecule has 2 N–H and O–H groups in total. The first kappa shape index (κ1) is 12.6. The lowest BCUT2D eigenvalue weighted by Crippen LogP contribution is -2.11. The average Bonchev–Trinajstić information content (AvgIpc) is 2.74. The number of aryl methyl sites for hydroxylation is 1. The Morgan fingerprint density at radius 1 is 1.22 bits per heavy atom. The summed E-state index contributed by atoms with van der Waals surface area (Å²) in [5.74, 6) is 1.42. The first-order chi connectivity index (χ1) is 8.56. The molecule has 0 spiro atoms.